The molecule has 1 heterocycles. The standard InChI is InChI=1S/C6H10N2.ClH/c7-5-6-3-1-2-4-8-6;/h6,8H,1-4H2;1H/t6-;/m0./s1. The second kappa shape index (κ2) is 4.60. The topological polar surface area (TPSA) is 35.8 Å². The molecule has 0 radical (unpaired) electrons. The minimum atomic E-state index is 0. The first-order valence-corrected chi connectivity index (χ1v) is 3.06. The van der Waals surface area contributed by atoms with Gasteiger partial charge >= 0.3 is 0 Å². The molecule has 2 nitrogen and oxygen atoms in total. The minimum Gasteiger partial charge on any atom is -0.302 e. The lowest BCUT2D eigenvalue weighted by molar-refractivity contribution is 0.461. The van der Waals surface area contributed by atoms with Crippen LogP contribution >= 0.6 is 12.4 Å². The molecule has 1 saturated heterocycles. The molecule has 0 amide bonds. The van der Waals surface area contributed by atoms with Crippen molar-refractivity contribution in [2.45, 2.75) is 25.3 Å². The van der Waals surface area contributed by atoms with E-state index in [-0.39, 0.29) is 18.4 Å². The Morgan fingerprint density at radius 2 is 2.22 bits per heavy atom. The van der Waals surface area contributed by atoms with Gasteiger partial charge in [0.25, 0.3) is 0 Å². The van der Waals surface area contributed by atoms with E-state index >= 15 is 0 Å². The highest BCUT2D eigenvalue weighted by molar-refractivity contribution is 5.85. The first-order valence-electron chi connectivity index (χ1n) is 3.06. The van der Waals surface area contributed by atoms with Crippen molar-refractivity contribution in [1.29, 1.82) is 5.26 Å². The number of halogens is 1. The fraction of sp³-hybridized carbons (Fsp3) is 0.833. The highest BCUT2D eigenvalue weighted by Crippen LogP contribution is 2.04. The summed E-state index contributed by atoms with van der Waals surface area (Å²) in [6.07, 6.45) is 3.49. The Morgan fingerprint density at radius 1 is 1.44 bits per heavy atom. The van der Waals surface area contributed by atoms with Crippen molar-refractivity contribution >= 4 is 12.4 Å². The van der Waals surface area contributed by atoms with Crippen molar-refractivity contribution in [2.75, 3.05) is 6.54 Å². The van der Waals surface area contributed by atoms with Crippen molar-refractivity contribution in [3.05, 3.63) is 0 Å². The second-order valence-corrected chi connectivity index (χ2v) is 2.13. The summed E-state index contributed by atoms with van der Waals surface area (Å²) >= 11 is 0. The van der Waals surface area contributed by atoms with Gasteiger partial charge in [0.05, 0.1) is 12.1 Å². The lowest BCUT2D eigenvalue weighted by Crippen LogP contribution is -2.32. The molecule has 0 saturated carbocycles. The van der Waals surface area contributed by atoms with E-state index in [0.29, 0.717) is 0 Å². The maximum absolute atomic E-state index is 8.38. The molecule has 1 aliphatic heterocycles. The highest BCUT2D eigenvalue weighted by atomic mass is 35.5. The van der Waals surface area contributed by atoms with E-state index in [9.17, 15) is 0 Å². The molecule has 1 fully saturated rings. The Kier molecular flexibility index (Phi) is 4.47. The Bertz CT molecular complexity index is 102. The predicted octanol–water partition coefficient (Wildman–Crippen LogP) is 1.07. The van der Waals surface area contributed by atoms with Gasteiger partial charge in [0, 0.05) is 0 Å². The number of nitriles is 1. The average molecular weight is 147 g/mol. The van der Waals surface area contributed by atoms with Crippen molar-refractivity contribution < 1.29 is 0 Å². The van der Waals surface area contributed by atoms with Gasteiger partial charge in [-0.25, -0.2) is 0 Å². The van der Waals surface area contributed by atoms with Crippen LogP contribution in [0.2, 0.25) is 0 Å². The maximum atomic E-state index is 8.38. The summed E-state index contributed by atoms with van der Waals surface area (Å²) in [6, 6.07) is 2.34. The van der Waals surface area contributed by atoms with Crippen molar-refractivity contribution in [3.63, 3.8) is 0 Å². The maximum Gasteiger partial charge on any atom is 0.0953 e. The SMILES string of the molecule is Cl.N#C[C@@H]1CCCCN1. The van der Waals surface area contributed by atoms with E-state index in [2.05, 4.69) is 11.4 Å². The lowest BCUT2D eigenvalue weighted by atomic mass is 10.1. The van der Waals surface area contributed by atoms with Crippen molar-refractivity contribution in [1.82, 2.24) is 5.32 Å². The smallest absolute Gasteiger partial charge is 0.0953 e. The summed E-state index contributed by atoms with van der Waals surface area (Å²) in [4.78, 5) is 0. The van der Waals surface area contributed by atoms with Crippen LogP contribution in [0, 0.1) is 11.3 Å². The molecule has 0 aromatic heterocycles. The summed E-state index contributed by atoms with van der Waals surface area (Å²) in [5, 5.41) is 11.5. The van der Waals surface area contributed by atoms with Gasteiger partial charge in [-0.2, -0.15) is 5.26 Å². The van der Waals surface area contributed by atoms with Crippen LogP contribution in [0.25, 0.3) is 0 Å². The average Bonchev–Trinajstić information content (AvgIpc) is 1.90. The van der Waals surface area contributed by atoms with Crippen LogP contribution in [-0.2, 0) is 0 Å². The van der Waals surface area contributed by atoms with Gasteiger partial charge in [-0.3, -0.25) is 0 Å². The fourth-order valence-corrected chi connectivity index (χ4v) is 0.962. The van der Waals surface area contributed by atoms with E-state index in [1.807, 2.05) is 0 Å². The molecule has 1 atom stereocenters. The van der Waals surface area contributed by atoms with Crippen LogP contribution in [0.1, 0.15) is 19.3 Å². The Morgan fingerprint density at radius 3 is 2.56 bits per heavy atom. The molecule has 1 N–H and O–H groups in total. The zero-order valence-corrected chi connectivity index (χ0v) is 6.08. The Hall–Kier alpha value is -0.260. The van der Waals surface area contributed by atoms with Crippen LogP contribution in [0.3, 0.4) is 0 Å². The lowest BCUT2D eigenvalue weighted by Gasteiger charge is -2.15. The predicted molar refractivity (Wildman–Crippen MR) is 38.5 cm³/mol. The Balaban J connectivity index is 0.000000640. The number of hydrogen-bond acceptors (Lipinski definition) is 2. The van der Waals surface area contributed by atoms with Gasteiger partial charge in [-0.05, 0) is 25.8 Å². The summed E-state index contributed by atoms with van der Waals surface area (Å²) < 4.78 is 0. The Labute approximate surface area is 61.7 Å². The molecule has 0 aromatic rings. The molecule has 1 aliphatic rings. The van der Waals surface area contributed by atoms with E-state index in [4.69, 9.17) is 5.26 Å². The third-order valence-electron chi connectivity index (χ3n) is 1.47. The van der Waals surface area contributed by atoms with E-state index < -0.39 is 0 Å². The van der Waals surface area contributed by atoms with Crippen LogP contribution in [0.4, 0.5) is 0 Å². The monoisotopic (exact) mass is 146 g/mol. The molecule has 0 spiro atoms. The number of hydrogen-bond donors (Lipinski definition) is 1. The third kappa shape index (κ3) is 2.69. The zero-order valence-electron chi connectivity index (χ0n) is 5.26. The van der Waals surface area contributed by atoms with E-state index in [1.165, 1.54) is 12.8 Å². The third-order valence-corrected chi connectivity index (χ3v) is 1.47. The van der Waals surface area contributed by atoms with Crippen molar-refractivity contribution in [3.8, 4) is 6.07 Å². The van der Waals surface area contributed by atoms with Crippen LogP contribution in [-0.4, -0.2) is 12.6 Å². The van der Waals surface area contributed by atoms with Gasteiger partial charge in [-0.1, -0.05) is 0 Å². The van der Waals surface area contributed by atoms with Gasteiger partial charge in [-0.15, -0.1) is 12.4 Å². The molecule has 52 valence electrons. The van der Waals surface area contributed by atoms with Crippen LogP contribution in [0.15, 0.2) is 0 Å². The van der Waals surface area contributed by atoms with Gasteiger partial charge in [0.15, 0.2) is 0 Å². The molecule has 1 rings (SSSR count). The number of rotatable bonds is 0. The van der Waals surface area contributed by atoms with Gasteiger partial charge in [0.1, 0.15) is 0 Å². The van der Waals surface area contributed by atoms with Crippen LogP contribution < -0.4 is 5.32 Å². The first kappa shape index (κ1) is 8.74. The largest absolute Gasteiger partial charge is 0.302 e. The van der Waals surface area contributed by atoms with Gasteiger partial charge in [0.2, 0.25) is 0 Å². The summed E-state index contributed by atoms with van der Waals surface area (Å²) in [5.41, 5.74) is 0. The van der Waals surface area contributed by atoms with E-state index in [1.54, 1.807) is 0 Å². The molecule has 0 bridgehead atoms. The summed E-state index contributed by atoms with van der Waals surface area (Å²) in [7, 11) is 0. The molecule has 0 aromatic carbocycles. The molecule has 0 aliphatic carbocycles. The number of nitrogens with zero attached hydrogens (tertiary/aromatic N) is 1. The zero-order chi connectivity index (χ0) is 5.82. The van der Waals surface area contributed by atoms with Gasteiger partial charge < -0.3 is 5.32 Å². The molecular formula is C6H11ClN2. The first-order chi connectivity index (χ1) is 3.93. The molecule has 3 heteroatoms. The van der Waals surface area contributed by atoms with E-state index in [0.717, 1.165) is 13.0 Å². The highest BCUT2D eigenvalue weighted by Gasteiger charge is 2.09. The van der Waals surface area contributed by atoms with Crippen molar-refractivity contribution in [2.24, 2.45) is 0 Å². The molecule has 0 unspecified atom stereocenters. The number of piperidine rings is 1. The quantitative estimate of drug-likeness (QED) is 0.555. The normalized spacial score (nSPS) is 25.9. The minimum absolute atomic E-state index is 0. The molecular weight excluding hydrogens is 136 g/mol. The number of nitrogens with one attached hydrogen (secondary N) is 1. The second-order valence-electron chi connectivity index (χ2n) is 2.13. The summed E-state index contributed by atoms with van der Waals surface area (Å²) in [5.74, 6) is 0. The molecule has 9 heavy (non-hydrogen) atoms. The summed E-state index contributed by atoms with van der Waals surface area (Å²) in [6.45, 7) is 1.03. The van der Waals surface area contributed by atoms with Crippen LogP contribution in [0.5, 0.6) is 0 Å². The fourth-order valence-electron chi connectivity index (χ4n) is 0.962.